The Labute approximate surface area is 106 Å². The Morgan fingerprint density at radius 2 is 2.00 bits per heavy atom. The Hall–Kier alpha value is -0.860. The fraction of sp³-hybridized carbons (Fsp3) is 0.600. The number of rotatable bonds is 6. The van der Waals surface area contributed by atoms with Crippen molar-refractivity contribution in [2.45, 2.75) is 39.7 Å². The molecule has 0 heterocycles. The van der Waals surface area contributed by atoms with Crippen LogP contribution in [0.15, 0.2) is 18.2 Å². The standard InChI is InChI=1S/C15H26N2/c1-5-6-10-17(4)15(11-16)14-9-7-8-12(2)13(14)3/h7-9,15H,5-6,10-11,16H2,1-4H3. The summed E-state index contributed by atoms with van der Waals surface area (Å²) in [7, 11) is 2.18. The molecule has 1 aromatic carbocycles. The van der Waals surface area contributed by atoms with E-state index in [0.717, 1.165) is 6.54 Å². The molecule has 2 nitrogen and oxygen atoms in total. The Morgan fingerprint density at radius 3 is 2.59 bits per heavy atom. The first-order valence-corrected chi connectivity index (χ1v) is 6.58. The van der Waals surface area contributed by atoms with Crippen molar-refractivity contribution < 1.29 is 0 Å². The van der Waals surface area contributed by atoms with Crippen LogP contribution in [0.5, 0.6) is 0 Å². The van der Waals surface area contributed by atoms with Gasteiger partial charge in [-0.2, -0.15) is 0 Å². The van der Waals surface area contributed by atoms with Crippen LogP contribution in [0, 0.1) is 13.8 Å². The third-order valence-electron chi connectivity index (χ3n) is 3.63. The van der Waals surface area contributed by atoms with Gasteiger partial charge in [-0.1, -0.05) is 31.5 Å². The maximum atomic E-state index is 5.95. The van der Waals surface area contributed by atoms with Gasteiger partial charge in [-0.3, -0.25) is 4.90 Å². The Balaban J connectivity index is 2.89. The minimum absolute atomic E-state index is 0.349. The highest BCUT2D eigenvalue weighted by Crippen LogP contribution is 2.24. The summed E-state index contributed by atoms with van der Waals surface area (Å²) < 4.78 is 0. The molecule has 0 fully saturated rings. The topological polar surface area (TPSA) is 29.3 Å². The summed E-state index contributed by atoms with van der Waals surface area (Å²) in [5, 5.41) is 0. The Kier molecular flexibility index (Phi) is 5.66. The lowest BCUT2D eigenvalue weighted by Gasteiger charge is -2.29. The minimum atomic E-state index is 0.349. The van der Waals surface area contributed by atoms with Crippen molar-refractivity contribution in [3.8, 4) is 0 Å². The molecule has 17 heavy (non-hydrogen) atoms. The smallest absolute Gasteiger partial charge is 0.0470 e. The van der Waals surface area contributed by atoms with Gasteiger partial charge in [-0.15, -0.1) is 0 Å². The summed E-state index contributed by atoms with van der Waals surface area (Å²) in [5.74, 6) is 0. The number of benzene rings is 1. The van der Waals surface area contributed by atoms with Crippen LogP contribution < -0.4 is 5.73 Å². The summed E-state index contributed by atoms with van der Waals surface area (Å²) in [6, 6.07) is 6.86. The van der Waals surface area contributed by atoms with Crippen LogP contribution in [0.4, 0.5) is 0 Å². The molecule has 0 aliphatic heterocycles. The molecule has 0 aliphatic carbocycles. The van der Waals surface area contributed by atoms with E-state index in [2.05, 4.69) is 50.9 Å². The second kappa shape index (κ2) is 6.77. The van der Waals surface area contributed by atoms with E-state index in [1.807, 2.05) is 0 Å². The molecule has 1 rings (SSSR count). The first kappa shape index (κ1) is 14.2. The number of hydrogen-bond acceptors (Lipinski definition) is 2. The zero-order chi connectivity index (χ0) is 12.8. The van der Waals surface area contributed by atoms with Gasteiger partial charge in [0.2, 0.25) is 0 Å². The summed E-state index contributed by atoms with van der Waals surface area (Å²) in [5.41, 5.74) is 10.1. The quantitative estimate of drug-likeness (QED) is 0.819. The summed E-state index contributed by atoms with van der Waals surface area (Å²) in [6.45, 7) is 8.39. The van der Waals surface area contributed by atoms with E-state index >= 15 is 0 Å². The van der Waals surface area contributed by atoms with Gasteiger partial charge < -0.3 is 5.73 Å². The lowest BCUT2D eigenvalue weighted by molar-refractivity contribution is 0.246. The summed E-state index contributed by atoms with van der Waals surface area (Å²) in [6.07, 6.45) is 2.46. The minimum Gasteiger partial charge on any atom is -0.329 e. The van der Waals surface area contributed by atoms with Crippen LogP contribution in [-0.4, -0.2) is 25.0 Å². The molecule has 2 N–H and O–H groups in total. The molecule has 0 spiro atoms. The molecular formula is C15H26N2. The number of nitrogens with two attached hydrogens (primary N) is 1. The SMILES string of the molecule is CCCCN(C)C(CN)c1cccc(C)c1C. The number of nitrogens with zero attached hydrogens (tertiary/aromatic N) is 1. The van der Waals surface area contributed by atoms with Crippen LogP contribution in [-0.2, 0) is 0 Å². The van der Waals surface area contributed by atoms with E-state index in [4.69, 9.17) is 5.73 Å². The highest BCUT2D eigenvalue weighted by Gasteiger charge is 2.17. The third kappa shape index (κ3) is 3.55. The molecule has 96 valence electrons. The van der Waals surface area contributed by atoms with E-state index in [1.54, 1.807) is 0 Å². The predicted molar refractivity (Wildman–Crippen MR) is 75.2 cm³/mol. The van der Waals surface area contributed by atoms with Gasteiger partial charge in [0, 0.05) is 12.6 Å². The van der Waals surface area contributed by atoms with E-state index in [0.29, 0.717) is 12.6 Å². The maximum absolute atomic E-state index is 5.95. The molecule has 0 saturated heterocycles. The number of unbranched alkanes of at least 4 members (excludes halogenated alkanes) is 1. The van der Waals surface area contributed by atoms with E-state index in [-0.39, 0.29) is 0 Å². The number of likely N-dealkylation sites (N-methyl/N-ethyl adjacent to an activating group) is 1. The fourth-order valence-electron chi connectivity index (χ4n) is 2.24. The average molecular weight is 234 g/mol. The van der Waals surface area contributed by atoms with Gasteiger partial charge in [0.15, 0.2) is 0 Å². The number of aryl methyl sites for hydroxylation is 1. The van der Waals surface area contributed by atoms with Gasteiger partial charge in [0.05, 0.1) is 0 Å². The van der Waals surface area contributed by atoms with Crippen molar-refractivity contribution in [2.75, 3.05) is 20.1 Å². The number of hydrogen-bond donors (Lipinski definition) is 1. The maximum Gasteiger partial charge on any atom is 0.0470 e. The highest BCUT2D eigenvalue weighted by molar-refractivity contribution is 5.35. The molecule has 1 unspecified atom stereocenters. The summed E-state index contributed by atoms with van der Waals surface area (Å²) >= 11 is 0. The van der Waals surface area contributed by atoms with Crippen LogP contribution >= 0.6 is 0 Å². The van der Waals surface area contributed by atoms with Gasteiger partial charge in [0.1, 0.15) is 0 Å². The van der Waals surface area contributed by atoms with Gasteiger partial charge >= 0.3 is 0 Å². The van der Waals surface area contributed by atoms with Crippen molar-refractivity contribution in [1.29, 1.82) is 0 Å². The molecule has 1 atom stereocenters. The first-order chi connectivity index (χ1) is 8.11. The first-order valence-electron chi connectivity index (χ1n) is 6.58. The normalized spacial score (nSPS) is 13.1. The molecule has 0 radical (unpaired) electrons. The average Bonchev–Trinajstić information content (AvgIpc) is 2.32. The zero-order valence-electron chi connectivity index (χ0n) is 11.7. The molecule has 0 aromatic heterocycles. The van der Waals surface area contributed by atoms with Crippen molar-refractivity contribution in [3.63, 3.8) is 0 Å². The summed E-state index contributed by atoms with van der Waals surface area (Å²) in [4.78, 5) is 2.38. The molecule has 0 amide bonds. The lowest BCUT2D eigenvalue weighted by atomic mass is 9.96. The van der Waals surface area contributed by atoms with Crippen LogP contribution in [0.3, 0.4) is 0 Å². The fourth-order valence-corrected chi connectivity index (χ4v) is 2.24. The molecule has 0 aliphatic rings. The van der Waals surface area contributed by atoms with Crippen molar-refractivity contribution in [3.05, 3.63) is 34.9 Å². The van der Waals surface area contributed by atoms with E-state index in [9.17, 15) is 0 Å². The Morgan fingerprint density at radius 1 is 1.29 bits per heavy atom. The van der Waals surface area contributed by atoms with Gasteiger partial charge in [-0.25, -0.2) is 0 Å². The third-order valence-corrected chi connectivity index (χ3v) is 3.63. The predicted octanol–water partition coefficient (Wildman–Crippen LogP) is 3.04. The van der Waals surface area contributed by atoms with Crippen LogP contribution in [0.25, 0.3) is 0 Å². The van der Waals surface area contributed by atoms with Crippen LogP contribution in [0.1, 0.15) is 42.5 Å². The van der Waals surface area contributed by atoms with E-state index < -0.39 is 0 Å². The molecular weight excluding hydrogens is 208 g/mol. The van der Waals surface area contributed by atoms with Crippen LogP contribution in [0.2, 0.25) is 0 Å². The second-order valence-corrected chi connectivity index (χ2v) is 4.87. The molecule has 1 aromatic rings. The monoisotopic (exact) mass is 234 g/mol. The second-order valence-electron chi connectivity index (χ2n) is 4.87. The highest BCUT2D eigenvalue weighted by atomic mass is 15.1. The molecule has 2 heteroatoms. The van der Waals surface area contributed by atoms with Gasteiger partial charge in [-0.05, 0) is 50.6 Å². The zero-order valence-corrected chi connectivity index (χ0v) is 11.7. The molecule has 0 saturated carbocycles. The van der Waals surface area contributed by atoms with Crippen molar-refractivity contribution >= 4 is 0 Å². The van der Waals surface area contributed by atoms with Crippen molar-refractivity contribution in [1.82, 2.24) is 4.90 Å². The molecule has 0 bridgehead atoms. The largest absolute Gasteiger partial charge is 0.329 e. The lowest BCUT2D eigenvalue weighted by Crippen LogP contribution is -2.31. The van der Waals surface area contributed by atoms with Gasteiger partial charge in [0.25, 0.3) is 0 Å². The van der Waals surface area contributed by atoms with E-state index in [1.165, 1.54) is 29.5 Å². The van der Waals surface area contributed by atoms with Crippen molar-refractivity contribution in [2.24, 2.45) is 5.73 Å². The Bertz CT molecular complexity index is 347.